The Hall–Kier alpha value is -3.01. The summed E-state index contributed by atoms with van der Waals surface area (Å²) < 4.78 is 16.4. The van der Waals surface area contributed by atoms with Crippen LogP contribution in [0.25, 0.3) is 0 Å². The first kappa shape index (κ1) is 26.2. The van der Waals surface area contributed by atoms with E-state index in [1.165, 1.54) is 5.56 Å². The lowest BCUT2D eigenvalue weighted by molar-refractivity contribution is -0.159. The van der Waals surface area contributed by atoms with Gasteiger partial charge in [-0.15, -0.1) is 0 Å². The van der Waals surface area contributed by atoms with Crippen molar-refractivity contribution in [1.82, 2.24) is 9.80 Å². The molecule has 33 heavy (non-hydrogen) atoms. The summed E-state index contributed by atoms with van der Waals surface area (Å²) in [4.78, 5) is 23.1. The highest BCUT2D eigenvalue weighted by Gasteiger charge is 2.20. The van der Waals surface area contributed by atoms with Gasteiger partial charge in [-0.3, -0.25) is 9.80 Å². The maximum atomic E-state index is 9.10. The van der Waals surface area contributed by atoms with Crippen molar-refractivity contribution >= 4 is 23.5 Å². The van der Waals surface area contributed by atoms with Crippen molar-refractivity contribution in [2.75, 3.05) is 47.5 Å². The summed E-state index contributed by atoms with van der Waals surface area (Å²) in [6.45, 7) is 5.85. The minimum absolute atomic E-state index is 0.685. The van der Waals surface area contributed by atoms with Gasteiger partial charge in [0.05, 0.1) is 21.3 Å². The molecule has 0 spiro atoms. The predicted octanol–water partition coefficient (Wildman–Crippen LogP) is 2.84. The van der Waals surface area contributed by atoms with E-state index in [-0.39, 0.29) is 0 Å². The highest BCUT2D eigenvalue weighted by atomic mass is 35.5. The standard InChI is InChI=1S/C21H27ClN2O3.C2H2O4/c1-25-19-13-21(27-3)20(26-2)12-17(19)15-24-9-7-23(8-10-24)14-16-5-4-6-18(22)11-16;3-1(4)2(5)6/h4-6,11-13H,7-10,14-15H2,1-3H3;(H,3,4)(H,5,6). The molecule has 0 atom stereocenters. The Morgan fingerprint density at radius 3 is 1.82 bits per heavy atom. The van der Waals surface area contributed by atoms with Gasteiger partial charge in [0.1, 0.15) is 5.75 Å². The molecule has 0 saturated carbocycles. The molecule has 0 radical (unpaired) electrons. The molecule has 0 unspecified atom stereocenters. The smallest absolute Gasteiger partial charge is 0.414 e. The molecule has 1 aliphatic rings. The van der Waals surface area contributed by atoms with E-state index < -0.39 is 11.9 Å². The quantitative estimate of drug-likeness (QED) is 0.578. The number of piperazine rings is 1. The largest absolute Gasteiger partial charge is 0.496 e. The molecule has 9 nitrogen and oxygen atoms in total. The predicted molar refractivity (Wildman–Crippen MR) is 123 cm³/mol. The van der Waals surface area contributed by atoms with Gasteiger partial charge in [-0.05, 0) is 23.8 Å². The van der Waals surface area contributed by atoms with Crippen molar-refractivity contribution in [3.63, 3.8) is 0 Å². The average molecular weight is 481 g/mol. The zero-order valence-electron chi connectivity index (χ0n) is 18.9. The molecular weight excluding hydrogens is 452 g/mol. The second-order valence-electron chi connectivity index (χ2n) is 7.31. The van der Waals surface area contributed by atoms with E-state index in [0.29, 0.717) is 5.75 Å². The van der Waals surface area contributed by atoms with Gasteiger partial charge < -0.3 is 24.4 Å². The van der Waals surface area contributed by atoms with E-state index >= 15 is 0 Å². The Balaban J connectivity index is 0.000000569. The Morgan fingerprint density at radius 1 is 0.818 bits per heavy atom. The van der Waals surface area contributed by atoms with Crippen LogP contribution < -0.4 is 14.2 Å². The summed E-state index contributed by atoms with van der Waals surface area (Å²) in [6, 6.07) is 12.0. The fourth-order valence-electron chi connectivity index (χ4n) is 3.46. The van der Waals surface area contributed by atoms with Crippen LogP contribution in [0, 0.1) is 0 Å². The zero-order valence-corrected chi connectivity index (χ0v) is 19.7. The van der Waals surface area contributed by atoms with Crippen LogP contribution >= 0.6 is 11.6 Å². The third-order valence-electron chi connectivity index (χ3n) is 5.12. The first-order chi connectivity index (χ1) is 15.8. The number of methoxy groups -OCH3 is 3. The first-order valence-corrected chi connectivity index (χ1v) is 10.6. The lowest BCUT2D eigenvalue weighted by Crippen LogP contribution is -2.45. The topological polar surface area (TPSA) is 109 Å². The number of rotatable bonds is 7. The van der Waals surface area contributed by atoms with E-state index in [4.69, 9.17) is 45.6 Å². The lowest BCUT2D eigenvalue weighted by atomic mass is 10.1. The van der Waals surface area contributed by atoms with Gasteiger partial charge in [-0.1, -0.05) is 23.7 Å². The number of carboxylic acids is 2. The SMILES string of the molecule is COc1cc(OC)c(OC)cc1CN1CCN(Cc2cccc(Cl)c2)CC1.O=C(O)C(=O)O. The molecule has 180 valence electrons. The van der Waals surface area contributed by atoms with Gasteiger partial charge in [0.2, 0.25) is 0 Å². The second kappa shape index (κ2) is 12.9. The van der Waals surface area contributed by atoms with Gasteiger partial charge in [0.15, 0.2) is 11.5 Å². The maximum Gasteiger partial charge on any atom is 0.414 e. The molecule has 1 saturated heterocycles. The Labute approximate surface area is 198 Å². The van der Waals surface area contributed by atoms with Crippen molar-refractivity contribution in [2.24, 2.45) is 0 Å². The van der Waals surface area contributed by atoms with Crippen LogP contribution in [0.1, 0.15) is 11.1 Å². The first-order valence-electron chi connectivity index (χ1n) is 10.2. The molecule has 2 aromatic rings. The number of hydrogen-bond donors (Lipinski definition) is 2. The van der Waals surface area contributed by atoms with E-state index in [1.54, 1.807) is 21.3 Å². The zero-order chi connectivity index (χ0) is 24.4. The molecule has 2 aromatic carbocycles. The molecule has 0 aliphatic carbocycles. The summed E-state index contributed by atoms with van der Waals surface area (Å²) in [7, 11) is 4.98. The van der Waals surface area contributed by atoms with E-state index in [1.807, 2.05) is 30.3 Å². The van der Waals surface area contributed by atoms with Crippen LogP contribution in [0.2, 0.25) is 5.02 Å². The molecular formula is C23H29ClN2O7. The summed E-state index contributed by atoms with van der Waals surface area (Å²) in [5.41, 5.74) is 2.37. The van der Waals surface area contributed by atoms with Crippen molar-refractivity contribution in [1.29, 1.82) is 0 Å². The van der Waals surface area contributed by atoms with Gasteiger partial charge >= 0.3 is 11.9 Å². The second-order valence-corrected chi connectivity index (χ2v) is 7.75. The Bertz CT molecular complexity index is 934. The maximum absolute atomic E-state index is 9.10. The molecule has 3 rings (SSSR count). The number of benzene rings is 2. The van der Waals surface area contributed by atoms with Crippen molar-refractivity contribution in [2.45, 2.75) is 13.1 Å². The van der Waals surface area contributed by atoms with Crippen molar-refractivity contribution in [3.8, 4) is 17.2 Å². The minimum Gasteiger partial charge on any atom is -0.496 e. The van der Waals surface area contributed by atoms with E-state index in [9.17, 15) is 0 Å². The summed E-state index contributed by atoms with van der Waals surface area (Å²) in [5, 5.41) is 15.6. The van der Waals surface area contributed by atoms with E-state index in [2.05, 4.69) is 15.9 Å². The number of ether oxygens (including phenoxy) is 3. The summed E-state index contributed by atoms with van der Waals surface area (Å²) in [6.07, 6.45) is 0. The Morgan fingerprint density at radius 2 is 1.33 bits per heavy atom. The van der Waals surface area contributed by atoms with Gasteiger partial charge in [-0.25, -0.2) is 9.59 Å². The van der Waals surface area contributed by atoms with Crippen LogP contribution in [0.5, 0.6) is 17.2 Å². The molecule has 2 N–H and O–H groups in total. The normalized spacial score (nSPS) is 14.1. The fraction of sp³-hybridized carbons (Fsp3) is 0.391. The molecule has 0 aromatic heterocycles. The third kappa shape index (κ3) is 8.12. The fourth-order valence-corrected chi connectivity index (χ4v) is 3.67. The van der Waals surface area contributed by atoms with Crippen LogP contribution in [-0.2, 0) is 22.7 Å². The van der Waals surface area contributed by atoms with Crippen LogP contribution in [-0.4, -0.2) is 79.5 Å². The van der Waals surface area contributed by atoms with Crippen LogP contribution in [0.15, 0.2) is 36.4 Å². The molecule has 1 aliphatic heterocycles. The lowest BCUT2D eigenvalue weighted by Gasteiger charge is -2.35. The molecule has 0 amide bonds. The number of aliphatic carboxylic acids is 2. The summed E-state index contributed by atoms with van der Waals surface area (Å²) in [5.74, 6) is -1.41. The van der Waals surface area contributed by atoms with Crippen LogP contribution in [0.3, 0.4) is 0 Å². The Kier molecular flexibility index (Phi) is 10.2. The van der Waals surface area contributed by atoms with E-state index in [0.717, 1.165) is 61.4 Å². The van der Waals surface area contributed by atoms with Crippen LogP contribution in [0.4, 0.5) is 0 Å². The molecule has 10 heteroatoms. The van der Waals surface area contributed by atoms with Gasteiger partial charge in [0, 0.05) is 55.9 Å². The molecule has 1 fully saturated rings. The van der Waals surface area contributed by atoms with Gasteiger partial charge in [-0.2, -0.15) is 0 Å². The number of halogens is 1. The highest BCUT2D eigenvalue weighted by Crippen LogP contribution is 2.35. The minimum atomic E-state index is -1.82. The molecule has 0 bridgehead atoms. The average Bonchev–Trinajstić information content (AvgIpc) is 2.80. The number of hydrogen-bond acceptors (Lipinski definition) is 7. The number of nitrogens with zero attached hydrogens (tertiary/aromatic N) is 2. The number of carboxylic acid groups (broad SMARTS) is 2. The summed E-state index contributed by atoms with van der Waals surface area (Å²) >= 11 is 6.09. The highest BCUT2D eigenvalue weighted by molar-refractivity contribution is 6.30. The van der Waals surface area contributed by atoms with Crippen molar-refractivity contribution in [3.05, 3.63) is 52.5 Å². The molecule has 1 heterocycles. The third-order valence-corrected chi connectivity index (χ3v) is 5.36. The number of carbonyl (C=O) groups is 2. The monoisotopic (exact) mass is 480 g/mol. The van der Waals surface area contributed by atoms with Gasteiger partial charge in [0.25, 0.3) is 0 Å². The van der Waals surface area contributed by atoms with Crippen molar-refractivity contribution < 1.29 is 34.0 Å².